The molecule has 2 heteroatoms. The molecule has 1 rings (SSSR count). The van der Waals surface area contributed by atoms with Gasteiger partial charge in [0.2, 0.25) is 0 Å². The molecule has 1 aromatic carbocycles. The van der Waals surface area contributed by atoms with Crippen LogP contribution in [-0.2, 0) is 9.53 Å². The van der Waals surface area contributed by atoms with Gasteiger partial charge < -0.3 is 4.74 Å². The Morgan fingerprint density at radius 1 is 1.26 bits per heavy atom. The van der Waals surface area contributed by atoms with Gasteiger partial charge in [-0.3, -0.25) is 4.79 Å². The highest BCUT2D eigenvalue weighted by Gasteiger charge is 2.02. The van der Waals surface area contributed by atoms with Crippen LogP contribution in [0.4, 0.5) is 0 Å². The predicted octanol–water partition coefficient (Wildman–Crippen LogP) is 4.56. The van der Waals surface area contributed by atoms with E-state index in [9.17, 15) is 4.79 Å². The van der Waals surface area contributed by atoms with E-state index < -0.39 is 0 Å². The van der Waals surface area contributed by atoms with Crippen LogP contribution in [0.1, 0.15) is 57.6 Å². The van der Waals surface area contributed by atoms with Crippen molar-refractivity contribution >= 4 is 12.0 Å². The Morgan fingerprint density at radius 3 is 2.37 bits per heavy atom. The first-order chi connectivity index (χ1) is 9.02. The van der Waals surface area contributed by atoms with E-state index in [1.165, 1.54) is 18.1 Å². The molecule has 0 unspecified atom stereocenters. The van der Waals surface area contributed by atoms with Gasteiger partial charge in [-0.2, -0.15) is 0 Å². The van der Waals surface area contributed by atoms with Crippen molar-refractivity contribution in [1.82, 2.24) is 0 Å². The third kappa shape index (κ3) is 5.73. The number of ether oxygens (including phenoxy) is 1. The summed E-state index contributed by atoms with van der Waals surface area (Å²) in [5.74, 6) is 0.325. The lowest BCUT2D eigenvalue weighted by atomic mass is 10.0. The number of benzene rings is 1. The number of carbonyl (C=O) groups excluding carboxylic acids is 1. The highest BCUT2D eigenvalue weighted by molar-refractivity contribution is 5.66. The average Bonchev–Trinajstić information content (AvgIpc) is 2.37. The number of esters is 1. The highest BCUT2D eigenvalue weighted by atomic mass is 16.5. The molecule has 0 amide bonds. The minimum atomic E-state index is -0.225. The second kappa shape index (κ2) is 7.78. The number of hydrogen-bond donors (Lipinski definition) is 0. The fourth-order valence-corrected chi connectivity index (χ4v) is 1.91. The Bertz CT molecular complexity index is 427. The number of rotatable bonds is 6. The van der Waals surface area contributed by atoms with E-state index in [0.29, 0.717) is 12.5 Å². The van der Waals surface area contributed by atoms with Crippen molar-refractivity contribution in [3.05, 3.63) is 41.0 Å². The van der Waals surface area contributed by atoms with Crippen LogP contribution in [0.15, 0.2) is 29.8 Å². The number of carbonyl (C=O) groups is 1. The molecule has 0 spiro atoms. The first-order valence-electron chi connectivity index (χ1n) is 6.95. The zero-order valence-electron chi connectivity index (χ0n) is 12.4. The molecule has 0 aliphatic rings. The van der Waals surface area contributed by atoms with Crippen LogP contribution < -0.4 is 0 Å². The fourth-order valence-electron chi connectivity index (χ4n) is 1.91. The van der Waals surface area contributed by atoms with Gasteiger partial charge in [0.25, 0.3) is 0 Å². The average molecular weight is 260 g/mol. The van der Waals surface area contributed by atoms with Crippen molar-refractivity contribution in [2.24, 2.45) is 0 Å². The topological polar surface area (TPSA) is 26.3 Å². The van der Waals surface area contributed by atoms with Gasteiger partial charge in [0.05, 0.1) is 0 Å². The Kier molecular flexibility index (Phi) is 6.34. The van der Waals surface area contributed by atoms with Crippen molar-refractivity contribution in [2.75, 3.05) is 6.61 Å². The summed E-state index contributed by atoms with van der Waals surface area (Å²) in [6.45, 7) is 8.35. The SMILES string of the molecule is CCCC(=Cc1ccc(C(C)C)cc1)COC(C)=O. The van der Waals surface area contributed by atoms with Crippen LogP contribution in [0, 0.1) is 0 Å². The van der Waals surface area contributed by atoms with E-state index >= 15 is 0 Å². The molecule has 0 heterocycles. The second-order valence-electron chi connectivity index (χ2n) is 5.15. The van der Waals surface area contributed by atoms with E-state index in [2.05, 4.69) is 51.1 Å². The van der Waals surface area contributed by atoms with Gasteiger partial charge in [0.15, 0.2) is 0 Å². The van der Waals surface area contributed by atoms with Crippen LogP contribution in [0.25, 0.3) is 6.08 Å². The molecule has 0 saturated carbocycles. The smallest absolute Gasteiger partial charge is 0.302 e. The van der Waals surface area contributed by atoms with E-state index in [1.807, 2.05) is 0 Å². The van der Waals surface area contributed by atoms with Crippen LogP contribution in [0.3, 0.4) is 0 Å². The molecule has 0 aliphatic carbocycles. The molecule has 0 N–H and O–H groups in total. The molecule has 0 radical (unpaired) electrons. The molecule has 2 nitrogen and oxygen atoms in total. The summed E-state index contributed by atoms with van der Waals surface area (Å²) in [6, 6.07) is 8.56. The van der Waals surface area contributed by atoms with Gasteiger partial charge in [-0.1, -0.05) is 57.5 Å². The molecular weight excluding hydrogens is 236 g/mol. The van der Waals surface area contributed by atoms with Crippen molar-refractivity contribution in [1.29, 1.82) is 0 Å². The van der Waals surface area contributed by atoms with Crippen LogP contribution in [0.5, 0.6) is 0 Å². The Balaban J connectivity index is 2.79. The van der Waals surface area contributed by atoms with Crippen LogP contribution in [0.2, 0.25) is 0 Å². The van der Waals surface area contributed by atoms with Gasteiger partial charge in [-0.25, -0.2) is 0 Å². The molecule has 0 fully saturated rings. The van der Waals surface area contributed by atoms with Gasteiger partial charge in [-0.05, 0) is 29.0 Å². The van der Waals surface area contributed by atoms with Gasteiger partial charge >= 0.3 is 5.97 Å². The van der Waals surface area contributed by atoms with Crippen molar-refractivity contribution < 1.29 is 9.53 Å². The monoisotopic (exact) mass is 260 g/mol. The Hall–Kier alpha value is -1.57. The third-order valence-corrected chi connectivity index (χ3v) is 3.01. The lowest BCUT2D eigenvalue weighted by molar-refractivity contribution is -0.140. The molecular formula is C17H24O2. The van der Waals surface area contributed by atoms with Crippen LogP contribution in [-0.4, -0.2) is 12.6 Å². The summed E-state index contributed by atoms with van der Waals surface area (Å²) in [7, 11) is 0. The fraction of sp³-hybridized carbons (Fsp3) is 0.471. The maximum absolute atomic E-state index is 10.9. The zero-order valence-corrected chi connectivity index (χ0v) is 12.4. The maximum atomic E-state index is 10.9. The summed E-state index contributed by atoms with van der Waals surface area (Å²) in [6.07, 6.45) is 4.13. The quantitative estimate of drug-likeness (QED) is 0.701. The normalized spacial score (nSPS) is 11.7. The Labute approximate surface area is 116 Å². The summed E-state index contributed by atoms with van der Waals surface area (Å²) in [5, 5.41) is 0. The van der Waals surface area contributed by atoms with Crippen molar-refractivity contribution in [3.8, 4) is 0 Å². The van der Waals surface area contributed by atoms with Gasteiger partial charge in [0.1, 0.15) is 6.61 Å². The number of hydrogen-bond acceptors (Lipinski definition) is 2. The molecule has 0 saturated heterocycles. The first kappa shape index (κ1) is 15.5. The first-order valence-corrected chi connectivity index (χ1v) is 6.95. The lowest BCUT2D eigenvalue weighted by Gasteiger charge is -2.08. The molecule has 0 aromatic heterocycles. The van der Waals surface area contributed by atoms with Crippen molar-refractivity contribution in [3.63, 3.8) is 0 Å². The highest BCUT2D eigenvalue weighted by Crippen LogP contribution is 2.17. The van der Waals surface area contributed by atoms with E-state index in [-0.39, 0.29) is 5.97 Å². The minimum Gasteiger partial charge on any atom is -0.461 e. The molecule has 0 atom stereocenters. The van der Waals surface area contributed by atoms with E-state index in [1.54, 1.807) is 0 Å². The Morgan fingerprint density at radius 2 is 1.89 bits per heavy atom. The maximum Gasteiger partial charge on any atom is 0.302 e. The van der Waals surface area contributed by atoms with E-state index in [0.717, 1.165) is 18.4 Å². The minimum absolute atomic E-state index is 0.225. The molecule has 19 heavy (non-hydrogen) atoms. The zero-order chi connectivity index (χ0) is 14.3. The lowest BCUT2D eigenvalue weighted by Crippen LogP contribution is -2.03. The third-order valence-electron chi connectivity index (χ3n) is 3.01. The summed E-state index contributed by atoms with van der Waals surface area (Å²) >= 11 is 0. The molecule has 1 aromatic rings. The van der Waals surface area contributed by atoms with E-state index in [4.69, 9.17) is 4.74 Å². The summed E-state index contributed by atoms with van der Waals surface area (Å²) < 4.78 is 5.08. The summed E-state index contributed by atoms with van der Waals surface area (Å²) in [5.41, 5.74) is 3.67. The summed E-state index contributed by atoms with van der Waals surface area (Å²) in [4.78, 5) is 10.9. The second-order valence-corrected chi connectivity index (χ2v) is 5.15. The molecule has 104 valence electrons. The van der Waals surface area contributed by atoms with Gasteiger partial charge in [-0.15, -0.1) is 0 Å². The van der Waals surface area contributed by atoms with Crippen LogP contribution >= 0.6 is 0 Å². The molecule has 0 bridgehead atoms. The van der Waals surface area contributed by atoms with Gasteiger partial charge in [0, 0.05) is 6.92 Å². The molecule has 0 aliphatic heterocycles. The van der Waals surface area contributed by atoms with Crippen molar-refractivity contribution in [2.45, 2.75) is 46.5 Å². The largest absolute Gasteiger partial charge is 0.461 e. The standard InChI is InChI=1S/C17H24O2/c1-5-6-16(12-19-14(4)18)11-15-7-9-17(10-8-15)13(2)3/h7-11,13H,5-6,12H2,1-4H3. The predicted molar refractivity (Wildman–Crippen MR) is 80.0 cm³/mol.